The van der Waals surface area contributed by atoms with Crippen LogP contribution in [0.5, 0.6) is 0 Å². The SMILES string of the molecule is C[C@H](OC(=O)c1ccccc1)C(=O)N1c2ccccc2C[C@H]1C. The summed E-state index contributed by atoms with van der Waals surface area (Å²) in [7, 11) is 0. The van der Waals surface area contributed by atoms with Crippen LogP contribution >= 0.6 is 0 Å². The van der Waals surface area contributed by atoms with Crippen molar-refractivity contribution in [2.45, 2.75) is 32.4 Å². The minimum atomic E-state index is -0.823. The Labute approximate surface area is 135 Å². The summed E-state index contributed by atoms with van der Waals surface area (Å²) < 4.78 is 5.34. The van der Waals surface area contributed by atoms with Gasteiger partial charge in [0.25, 0.3) is 5.91 Å². The van der Waals surface area contributed by atoms with Gasteiger partial charge in [0.05, 0.1) is 5.56 Å². The molecule has 0 N–H and O–H groups in total. The van der Waals surface area contributed by atoms with Crippen LogP contribution in [-0.2, 0) is 16.0 Å². The predicted octanol–water partition coefficient (Wildman–Crippen LogP) is 3.21. The molecule has 23 heavy (non-hydrogen) atoms. The number of carbonyl (C=O) groups is 2. The van der Waals surface area contributed by atoms with Gasteiger partial charge in [-0.2, -0.15) is 0 Å². The molecule has 0 saturated heterocycles. The summed E-state index contributed by atoms with van der Waals surface area (Å²) in [5, 5.41) is 0. The molecular weight excluding hydrogens is 290 g/mol. The Bertz CT molecular complexity index is 726. The lowest BCUT2D eigenvalue weighted by molar-refractivity contribution is -0.126. The number of nitrogens with zero attached hydrogens (tertiary/aromatic N) is 1. The fourth-order valence-corrected chi connectivity index (χ4v) is 2.95. The summed E-state index contributed by atoms with van der Waals surface area (Å²) in [5.41, 5.74) is 2.50. The van der Waals surface area contributed by atoms with E-state index in [1.807, 2.05) is 37.3 Å². The maximum absolute atomic E-state index is 12.7. The normalized spacial score (nSPS) is 17.5. The molecule has 1 heterocycles. The summed E-state index contributed by atoms with van der Waals surface area (Å²) in [6.45, 7) is 3.63. The average Bonchev–Trinajstić information content (AvgIpc) is 2.90. The highest BCUT2D eigenvalue weighted by Crippen LogP contribution is 2.32. The lowest BCUT2D eigenvalue weighted by Crippen LogP contribution is -2.43. The van der Waals surface area contributed by atoms with Crippen molar-refractivity contribution in [1.82, 2.24) is 0 Å². The average molecular weight is 309 g/mol. The lowest BCUT2D eigenvalue weighted by atomic mass is 10.1. The van der Waals surface area contributed by atoms with Crippen LogP contribution in [0.1, 0.15) is 29.8 Å². The molecule has 0 fully saturated rings. The van der Waals surface area contributed by atoms with Gasteiger partial charge in [0.1, 0.15) is 0 Å². The summed E-state index contributed by atoms with van der Waals surface area (Å²) in [4.78, 5) is 26.6. The van der Waals surface area contributed by atoms with Gasteiger partial charge in [-0.25, -0.2) is 4.79 Å². The van der Waals surface area contributed by atoms with Gasteiger partial charge < -0.3 is 9.64 Å². The van der Waals surface area contributed by atoms with Gasteiger partial charge in [0.2, 0.25) is 0 Å². The third-order valence-electron chi connectivity index (χ3n) is 4.09. The van der Waals surface area contributed by atoms with Crippen molar-refractivity contribution in [2.24, 2.45) is 0 Å². The van der Waals surface area contributed by atoms with E-state index in [0.29, 0.717) is 5.56 Å². The number of anilines is 1. The number of amides is 1. The highest BCUT2D eigenvalue weighted by atomic mass is 16.5. The number of fused-ring (bicyclic) bond motifs is 1. The number of carbonyl (C=O) groups excluding carboxylic acids is 2. The van der Waals surface area contributed by atoms with E-state index in [-0.39, 0.29) is 11.9 Å². The van der Waals surface area contributed by atoms with Crippen molar-refractivity contribution >= 4 is 17.6 Å². The summed E-state index contributed by atoms with van der Waals surface area (Å²) in [6.07, 6.45) is -0.00216. The first-order valence-corrected chi connectivity index (χ1v) is 7.75. The first-order valence-electron chi connectivity index (χ1n) is 7.75. The minimum Gasteiger partial charge on any atom is -0.449 e. The van der Waals surface area contributed by atoms with Gasteiger partial charge >= 0.3 is 5.97 Å². The van der Waals surface area contributed by atoms with E-state index in [0.717, 1.165) is 17.7 Å². The van der Waals surface area contributed by atoms with Crippen molar-refractivity contribution < 1.29 is 14.3 Å². The molecule has 4 nitrogen and oxygen atoms in total. The van der Waals surface area contributed by atoms with Gasteiger partial charge in [-0.15, -0.1) is 0 Å². The zero-order chi connectivity index (χ0) is 16.4. The van der Waals surface area contributed by atoms with Gasteiger partial charge in [0, 0.05) is 11.7 Å². The molecule has 0 spiro atoms. The van der Waals surface area contributed by atoms with E-state index < -0.39 is 12.1 Å². The minimum absolute atomic E-state index is 0.0674. The number of benzene rings is 2. The fraction of sp³-hybridized carbons (Fsp3) is 0.263. The molecule has 1 amide bonds. The van der Waals surface area contributed by atoms with E-state index in [9.17, 15) is 9.59 Å². The van der Waals surface area contributed by atoms with Gasteiger partial charge in [-0.05, 0) is 44.0 Å². The Morgan fingerprint density at radius 1 is 1.09 bits per heavy atom. The topological polar surface area (TPSA) is 46.6 Å². The zero-order valence-electron chi connectivity index (χ0n) is 13.2. The van der Waals surface area contributed by atoms with Crippen molar-refractivity contribution in [3.05, 3.63) is 65.7 Å². The number of esters is 1. The zero-order valence-corrected chi connectivity index (χ0v) is 13.2. The maximum Gasteiger partial charge on any atom is 0.338 e. The molecule has 3 rings (SSSR count). The van der Waals surface area contributed by atoms with Gasteiger partial charge in [0.15, 0.2) is 6.10 Å². The Hall–Kier alpha value is -2.62. The predicted molar refractivity (Wildman–Crippen MR) is 88.4 cm³/mol. The molecule has 0 aromatic heterocycles. The Morgan fingerprint density at radius 2 is 1.74 bits per heavy atom. The van der Waals surface area contributed by atoms with Crippen molar-refractivity contribution in [2.75, 3.05) is 4.90 Å². The molecule has 1 aliphatic rings. The Morgan fingerprint density at radius 3 is 2.48 bits per heavy atom. The number of rotatable bonds is 3. The quantitative estimate of drug-likeness (QED) is 0.818. The molecular formula is C19H19NO3. The molecule has 2 aromatic carbocycles. The number of hydrogen-bond donors (Lipinski definition) is 0. The second kappa shape index (κ2) is 6.24. The van der Waals surface area contributed by atoms with Crippen LogP contribution in [0.4, 0.5) is 5.69 Å². The van der Waals surface area contributed by atoms with Crippen LogP contribution < -0.4 is 4.90 Å². The van der Waals surface area contributed by atoms with Crippen LogP contribution in [0.25, 0.3) is 0 Å². The highest BCUT2D eigenvalue weighted by Gasteiger charge is 2.34. The molecule has 118 valence electrons. The molecule has 2 aromatic rings. The van der Waals surface area contributed by atoms with Crippen LogP contribution in [0.2, 0.25) is 0 Å². The Balaban J connectivity index is 1.74. The van der Waals surface area contributed by atoms with Crippen molar-refractivity contribution in [3.63, 3.8) is 0 Å². The fourth-order valence-electron chi connectivity index (χ4n) is 2.95. The van der Waals surface area contributed by atoms with Crippen LogP contribution in [-0.4, -0.2) is 24.0 Å². The number of hydrogen-bond acceptors (Lipinski definition) is 3. The number of para-hydroxylation sites is 1. The first kappa shape index (κ1) is 15.3. The monoisotopic (exact) mass is 309 g/mol. The number of ether oxygens (including phenoxy) is 1. The second-order valence-corrected chi connectivity index (χ2v) is 5.80. The van der Waals surface area contributed by atoms with E-state index in [4.69, 9.17) is 4.74 Å². The molecule has 0 bridgehead atoms. The van der Waals surface area contributed by atoms with Crippen LogP contribution in [0.15, 0.2) is 54.6 Å². The molecule has 2 atom stereocenters. The third kappa shape index (κ3) is 2.97. The van der Waals surface area contributed by atoms with Crippen molar-refractivity contribution in [3.8, 4) is 0 Å². The molecule has 0 unspecified atom stereocenters. The lowest BCUT2D eigenvalue weighted by Gasteiger charge is -2.25. The summed E-state index contributed by atoms with van der Waals surface area (Å²) in [6, 6.07) is 16.6. The Kier molecular flexibility index (Phi) is 4.15. The van der Waals surface area contributed by atoms with Gasteiger partial charge in [-0.1, -0.05) is 36.4 Å². The smallest absolute Gasteiger partial charge is 0.338 e. The molecule has 0 radical (unpaired) electrons. The van der Waals surface area contributed by atoms with Crippen LogP contribution in [0.3, 0.4) is 0 Å². The third-order valence-corrected chi connectivity index (χ3v) is 4.09. The van der Waals surface area contributed by atoms with Crippen molar-refractivity contribution in [1.29, 1.82) is 0 Å². The summed E-state index contributed by atoms with van der Waals surface area (Å²) >= 11 is 0. The van der Waals surface area contributed by atoms with E-state index >= 15 is 0 Å². The standard InChI is InChI=1S/C19H19NO3/c1-13-12-16-10-6-7-11-17(16)20(13)18(21)14(2)23-19(22)15-8-4-3-5-9-15/h3-11,13-14H,12H2,1-2H3/t13-,14+/m1/s1. The highest BCUT2D eigenvalue weighted by molar-refractivity contribution is 6.00. The molecule has 4 heteroatoms. The van der Waals surface area contributed by atoms with Crippen LogP contribution in [0, 0.1) is 0 Å². The van der Waals surface area contributed by atoms with Gasteiger partial charge in [-0.3, -0.25) is 4.79 Å². The second-order valence-electron chi connectivity index (χ2n) is 5.80. The largest absolute Gasteiger partial charge is 0.449 e. The maximum atomic E-state index is 12.7. The molecule has 1 aliphatic heterocycles. The molecule has 0 saturated carbocycles. The van der Waals surface area contributed by atoms with E-state index in [1.54, 1.807) is 36.1 Å². The van der Waals surface area contributed by atoms with E-state index in [1.165, 1.54) is 0 Å². The molecule has 0 aliphatic carbocycles. The summed E-state index contributed by atoms with van der Waals surface area (Å²) in [5.74, 6) is -0.668. The van der Waals surface area contributed by atoms with E-state index in [2.05, 4.69) is 0 Å². The first-order chi connectivity index (χ1) is 11.1.